The first-order valence-corrected chi connectivity index (χ1v) is 8.21. The highest BCUT2D eigenvalue weighted by molar-refractivity contribution is 5.85. The van der Waals surface area contributed by atoms with Gasteiger partial charge in [0.2, 0.25) is 5.91 Å². The summed E-state index contributed by atoms with van der Waals surface area (Å²) in [7, 11) is 0. The Kier molecular flexibility index (Phi) is 8.51. The van der Waals surface area contributed by atoms with Gasteiger partial charge in [0.25, 0.3) is 0 Å². The highest BCUT2D eigenvalue weighted by Crippen LogP contribution is 2.19. The molecule has 0 radical (unpaired) electrons. The zero-order valence-corrected chi connectivity index (χ0v) is 15.3. The van der Waals surface area contributed by atoms with Crippen molar-refractivity contribution in [1.82, 2.24) is 4.90 Å². The lowest BCUT2D eigenvalue weighted by Gasteiger charge is -2.26. The van der Waals surface area contributed by atoms with Crippen LogP contribution in [0.25, 0.3) is 0 Å². The fraction of sp³-hybridized carbons (Fsp3) is 0.350. The lowest BCUT2D eigenvalue weighted by molar-refractivity contribution is -0.132. The first-order chi connectivity index (χ1) is 11.1. The molecule has 0 aliphatic rings. The minimum absolute atomic E-state index is 0. The molecule has 3 nitrogen and oxygen atoms in total. The van der Waals surface area contributed by atoms with E-state index in [4.69, 9.17) is 5.73 Å². The summed E-state index contributed by atoms with van der Waals surface area (Å²) in [5.41, 5.74) is 9.19. The summed E-state index contributed by atoms with van der Waals surface area (Å²) in [5.74, 6) is 0.00852. The van der Waals surface area contributed by atoms with Gasteiger partial charge in [-0.25, -0.2) is 0 Å². The van der Waals surface area contributed by atoms with Crippen LogP contribution in [0.15, 0.2) is 54.6 Å². The highest BCUT2D eigenvalue weighted by atomic mass is 35.5. The quantitative estimate of drug-likeness (QED) is 0.833. The Morgan fingerprint density at radius 3 is 2.42 bits per heavy atom. The smallest absolute Gasteiger partial charge is 0.229 e. The molecule has 0 aromatic heterocycles. The fourth-order valence-electron chi connectivity index (χ4n) is 2.75. The molecule has 2 N–H and O–H groups in total. The molecular formula is C20H27ClN2O. The van der Waals surface area contributed by atoms with Gasteiger partial charge in [0, 0.05) is 19.6 Å². The number of benzene rings is 2. The van der Waals surface area contributed by atoms with E-state index in [1.54, 1.807) is 0 Å². The van der Waals surface area contributed by atoms with Gasteiger partial charge in [-0.1, -0.05) is 60.2 Å². The van der Waals surface area contributed by atoms with E-state index >= 15 is 0 Å². The second kappa shape index (κ2) is 10.1. The van der Waals surface area contributed by atoms with Crippen LogP contribution < -0.4 is 5.73 Å². The van der Waals surface area contributed by atoms with Crippen molar-refractivity contribution in [3.8, 4) is 0 Å². The predicted molar refractivity (Wildman–Crippen MR) is 103 cm³/mol. The zero-order chi connectivity index (χ0) is 16.7. The van der Waals surface area contributed by atoms with Crippen LogP contribution in [0, 0.1) is 6.92 Å². The number of nitrogens with two attached hydrogens (primary N) is 1. The number of hydrogen-bond acceptors (Lipinski definition) is 2. The summed E-state index contributed by atoms with van der Waals surface area (Å²) in [5, 5.41) is 0. The number of aryl methyl sites for hydroxylation is 1. The molecule has 0 heterocycles. The van der Waals surface area contributed by atoms with Crippen LogP contribution in [0.2, 0.25) is 0 Å². The van der Waals surface area contributed by atoms with Crippen LogP contribution in [0.4, 0.5) is 0 Å². The molecule has 0 fully saturated rings. The predicted octanol–water partition coefficient (Wildman–Crippen LogP) is 3.55. The van der Waals surface area contributed by atoms with Gasteiger partial charge in [0.15, 0.2) is 0 Å². The molecule has 1 unspecified atom stereocenters. The molecule has 4 heteroatoms. The zero-order valence-electron chi connectivity index (χ0n) is 14.4. The Bertz CT molecular complexity index is 631. The third-order valence-electron chi connectivity index (χ3n) is 4.14. The largest absolute Gasteiger partial charge is 0.341 e. The first kappa shape index (κ1) is 20.2. The number of amides is 1. The number of carbonyl (C=O) groups excluding carboxylic acids is 1. The van der Waals surface area contributed by atoms with Crippen LogP contribution in [0.5, 0.6) is 0 Å². The standard InChI is InChI=1S/C20H26N2O.ClH/c1-16-7-6-10-19(15-16)17(2)20(23)22(14-12-21)13-11-18-8-4-3-5-9-18;/h3-10,15,17H,11-14,21H2,1-2H3;1H. The Morgan fingerprint density at radius 2 is 1.79 bits per heavy atom. The minimum atomic E-state index is -0.141. The lowest BCUT2D eigenvalue weighted by atomic mass is 9.97. The van der Waals surface area contributed by atoms with Crippen molar-refractivity contribution in [2.75, 3.05) is 19.6 Å². The molecule has 0 saturated carbocycles. The Morgan fingerprint density at radius 1 is 1.08 bits per heavy atom. The summed E-state index contributed by atoms with van der Waals surface area (Å²) in [4.78, 5) is 14.7. The van der Waals surface area contributed by atoms with Gasteiger partial charge in [-0.2, -0.15) is 0 Å². The van der Waals surface area contributed by atoms with Gasteiger partial charge in [0.05, 0.1) is 5.92 Å². The van der Waals surface area contributed by atoms with Gasteiger partial charge >= 0.3 is 0 Å². The number of rotatable bonds is 7. The SMILES string of the molecule is Cc1cccc(C(C)C(=O)N(CCN)CCc2ccccc2)c1.Cl. The number of halogens is 1. The van der Waals surface area contributed by atoms with Crippen molar-refractivity contribution in [3.05, 3.63) is 71.3 Å². The number of nitrogens with zero attached hydrogens (tertiary/aromatic N) is 1. The molecule has 1 amide bonds. The average Bonchev–Trinajstić information content (AvgIpc) is 2.58. The third kappa shape index (κ3) is 5.66. The van der Waals surface area contributed by atoms with Gasteiger partial charge in [-0.3, -0.25) is 4.79 Å². The van der Waals surface area contributed by atoms with Crippen LogP contribution in [0.1, 0.15) is 29.5 Å². The normalized spacial score (nSPS) is 11.5. The van der Waals surface area contributed by atoms with E-state index in [0.717, 1.165) is 12.0 Å². The van der Waals surface area contributed by atoms with Crippen molar-refractivity contribution < 1.29 is 4.79 Å². The molecule has 0 bridgehead atoms. The van der Waals surface area contributed by atoms with E-state index in [1.165, 1.54) is 11.1 Å². The van der Waals surface area contributed by atoms with Crippen molar-refractivity contribution in [2.45, 2.75) is 26.2 Å². The average molecular weight is 347 g/mol. The monoisotopic (exact) mass is 346 g/mol. The van der Waals surface area contributed by atoms with Crippen LogP contribution >= 0.6 is 12.4 Å². The number of hydrogen-bond donors (Lipinski definition) is 1. The van der Waals surface area contributed by atoms with Crippen molar-refractivity contribution in [2.24, 2.45) is 5.73 Å². The maximum atomic E-state index is 12.8. The van der Waals surface area contributed by atoms with E-state index in [0.29, 0.717) is 19.6 Å². The minimum Gasteiger partial charge on any atom is -0.341 e. The lowest BCUT2D eigenvalue weighted by Crippen LogP contribution is -2.39. The summed E-state index contributed by atoms with van der Waals surface area (Å²) >= 11 is 0. The number of carbonyl (C=O) groups is 1. The van der Waals surface area contributed by atoms with E-state index in [1.807, 2.05) is 55.1 Å². The molecule has 0 saturated heterocycles. The maximum absolute atomic E-state index is 12.8. The Balaban J connectivity index is 0.00000288. The van der Waals surface area contributed by atoms with Gasteiger partial charge in [0.1, 0.15) is 0 Å². The summed E-state index contributed by atoms with van der Waals surface area (Å²) < 4.78 is 0. The third-order valence-corrected chi connectivity index (χ3v) is 4.14. The van der Waals surface area contributed by atoms with Gasteiger partial charge in [-0.15, -0.1) is 12.4 Å². The molecule has 24 heavy (non-hydrogen) atoms. The molecule has 0 aliphatic heterocycles. The second-order valence-corrected chi connectivity index (χ2v) is 5.99. The maximum Gasteiger partial charge on any atom is 0.229 e. The van der Waals surface area contributed by atoms with Crippen molar-refractivity contribution >= 4 is 18.3 Å². The van der Waals surface area contributed by atoms with E-state index < -0.39 is 0 Å². The molecule has 1 atom stereocenters. The Hall–Kier alpha value is -1.84. The highest BCUT2D eigenvalue weighted by Gasteiger charge is 2.21. The second-order valence-electron chi connectivity index (χ2n) is 5.99. The molecule has 2 rings (SSSR count). The van der Waals surface area contributed by atoms with Crippen molar-refractivity contribution in [1.29, 1.82) is 0 Å². The van der Waals surface area contributed by atoms with Crippen LogP contribution in [0.3, 0.4) is 0 Å². The first-order valence-electron chi connectivity index (χ1n) is 8.21. The van der Waals surface area contributed by atoms with E-state index in [-0.39, 0.29) is 24.2 Å². The molecule has 0 spiro atoms. The van der Waals surface area contributed by atoms with Gasteiger partial charge in [-0.05, 0) is 31.4 Å². The topological polar surface area (TPSA) is 46.3 Å². The molecular weight excluding hydrogens is 320 g/mol. The summed E-state index contributed by atoms with van der Waals surface area (Å²) in [6.45, 7) is 5.82. The van der Waals surface area contributed by atoms with Gasteiger partial charge < -0.3 is 10.6 Å². The fourth-order valence-corrected chi connectivity index (χ4v) is 2.75. The summed E-state index contributed by atoms with van der Waals surface area (Å²) in [6.07, 6.45) is 0.854. The molecule has 0 aliphatic carbocycles. The molecule has 2 aromatic carbocycles. The van der Waals surface area contributed by atoms with E-state index in [2.05, 4.69) is 18.2 Å². The summed E-state index contributed by atoms with van der Waals surface area (Å²) in [6, 6.07) is 18.4. The van der Waals surface area contributed by atoms with E-state index in [9.17, 15) is 4.79 Å². The van der Waals surface area contributed by atoms with Crippen molar-refractivity contribution in [3.63, 3.8) is 0 Å². The van der Waals surface area contributed by atoms with Crippen LogP contribution in [-0.4, -0.2) is 30.4 Å². The Labute approximate surface area is 151 Å². The van der Waals surface area contributed by atoms with Crippen LogP contribution in [-0.2, 0) is 11.2 Å². The molecule has 2 aromatic rings. The molecule has 130 valence electrons.